The summed E-state index contributed by atoms with van der Waals surface area (Å²) in [5, 5.41) is 4.03. The zero-order valence-corrected chi connectivity index (χ0v) is 16.0. The van der Waals surface area contributed by atoms with Crippen molar-refractivity contribution in [3.05, 3.63) is 28.8 Å². The van der Waals surface area contributed by atoms with Crippen molar-refractivity contribution in [2.45, 2.75) is 32.6 Å². The lowest BCUT2D eigenvalue weighted by Crippen LogP contribution is -2.44. The van der Waals surface area contributed by atoms with Gasteiger partial charge in [0.25, 0.3) is 0 Å². The first-order valence-corrected chi connectivity index (χ1v) is 9.34. The average Bonchev–Trinajstić information content (AvgIpc) is 2.60. The molecule has 5 heteroatoms. The second-order valence-corrected chi connectivity index (χ2v) is 7.34. The van der Waals surface area contributed by atoms with E-state index in [4.69, 9.17) is 21.1 Å². The van der Waals surface area contributed by atoms with Gasteiger partial charge >= 0.3 is 0 Å². The molecule has 0 spiro atoms. The summed E-state index contributed by atoms with van der Waals surface area (Å²) >= 11 is 6.36. The van der Waals surface area contributed by atoms with Gasteiger partial charge in [-0.2, -0.15) is 0 Å². The largest absolute Gasteiger partial charge is 0.490 e. The number of piperazine rings is 1. The number of hydrogen-bond acceptors (Lipinski definition) is 4. The number of nitrogens with zero attached hydrogens (tertiary/aromatic N) is 1. The summed E-state index contributed by atoms with van der Waals surface area (Å²) < 4.78 is 11.4. The smallest absolute Gasteiger partial charge is 0.138 e. The Balaban J connectivity index is 1.67. The summed E-state index contributed by atoms with van der Waals surface area (Å²) in [4.78, 5) is 2.42. The highest BCUT2D eigenvalue weighted by atomic mass is 35.5. The molecule has 2 rings (SSSR count). The summed E-state index contributed by atoms with van der Waals surface area (Å²) in [6, 6.07) is 6.09. The first-order valence-electron chi connectivity index (χ1n) is 8.96. The van der Waals surface area contributed by atoms with E-state index in [0.717, 1.165) is 51.5 Å². The second-order valence-electron chi connectivity index (χ2n) is 6.94. The number of halogens is 1. The molecule has 0 aromatic heterocycles. The van der Waals surface area contributed by atoms with Crippen molar-refractivity contribution in [1.29, 1.82) is 0 Å². The minimum Gasteiger partial charge on any atom is -0.490 e. The van der Waals surface area contributed by atoms with Crippen LogP contribution in [-0.4, -0.2) is 57.4 Å². The van der Waals surface area contributed by atoms with Crippen LogP contribution >= 0.6 is 11.6 Å². The van der Waals surface area contributed by atoms with Gasteiger partial charge in [0.2, 0.25) is 0 Å². The van der Waals surface area contributed by atoms with Gasteiger partial charge in [-0.3, -0.25) is 4.90 Å². The van der Waals surface area contributed by atoms with Crippen molar-refractivity contribution < 1.29 is 9.47 Å². The van der Waals surface area contributed by atoms with Gasteiger partial charge in [-0.05, 0) is 29.5 Å². The number of hydrogen-bond donors (Lipinski definition) is 1. The van der Waals surface area contributed by atoms with E-state index in [1.54, 1.807) is 0 Å². The molecule has 0 bridgehead atoms. The number of ether oxygens (including phenoxy) is 2. The van der Waals surface area contributed by atoms with Crippen LogP contribution in [0.3, 0.4) is 0 Å². The average molecular weight is 355 g/mol. The molecule has 1 aromatic carbocycles. The highest BCUT2D eigenvalue weighted by Gasteiger charge is 2.19. The predicted molar refractivity (Wildman–Crippen MR) is 100 cm³/mol. The Kier molecular flexibility index (Phi) is 7.82. The Labute approximate surface area is 151 Å². The molecule has 4 nitrogen and oxygen atoms in total. The third-order valence-electron chi connectivity index (χ3n) is 4.84. The quantitative estimate of drug-likeness (QED) is 0.690. The normalized spacial score (nSPS) is 16.3. The molecular weight excluding hydrogens is 324 g/mol. The molecular formula is C19H31ClN2O2. The molecule has 0 saturated carbocycles. The molecule has 1 heterocycles. The molecule has 0 amide bonds. The van der Waals surface area contributed by atoms with Crippen LogP contribution < -0.4 is 10.1 Å². The number of rotatable bonds is 9. The molecule has 0 aliphatic carbocycles. The minimum atomic E-state index is 0.134. The molecule has 1 N–H and O–H groups in total. The standard InChI is InChI=1S/C19H31ClN2O2/c1-4-19(2,3)16-5-6-18(17(20)15-16)24-14-13-23-12-11-22-9-7-21-8-10-22/h5-6,15,21H,4,7-14H2,1-3H3. The molecule has 0 radical (unpaired) electrons. The van der Waals surface area contributed by atoms with Crippen LogP contribution in [0.5, 0.6) is 5.75 Å². The third kappa shape index (κ3) is 5.92. The van der Waals surface area contributed by atoms with E-state index in [9.17, 15) is 0 Å². The summed E-state index contributed by atoms with van der Waals surface area (Å²) in [5.41, 5.74) is 1.38. The van der Waals surface area contributed by atoms with Gasteiger partial charge in [-0.1, -0.05) is 38.4 Å². The van der Waals surface area contributed by atoms with Gasteiger partial charge in [0.15, 0.2) is 0 Å². The van der Waals surface area contributed by atoms with Crippen LogP contribution in [0.2, 0.25) is 5.02 Å². The van der Waals surface area contributed by atoms with Crippen molar-refractivity contribution >= 4 is 11.6 Å². The van der Waals surface area contributed by atoms with Gasteiger partial charge in [-0.15, -0.1) is 0 Å². The molecule has 0 atom stereocenters. The van der Waals surface area contributed by atoms with Crippen molar-refractivity contribution in [3.8, 4) is 5.75 Å². The monoisotopic (exact) mass is 354 g/mol. The van der Waals surface area contributed by atoms with Gasteiger partial charge in [0.05, 0.1) is 18.2 Å². The topological polar surface area (TPSA) is 33.7 Å². The van der Waals surface area contributed by atoms with Gasteiger partial charge in [0.1, 0.15) is 12.4 Å². The van der Waals surface area contributed by atoms with Gasteiger partial charge in [0, 0.05) is 32.7 Å². The van der Waals surface area contributed by atoms with Crippen molar-refractivity contribution in [2.75, 3.05) is 52.5 Å². The zero-order chi connectivity index (χ0) is 17.4. The van der Waals surface area contributed by atoms with Crippen LogP contribution in [0, 0.1) is 0 Å². The lowest BCUT2D eigenvalue weighted by Gasteiger charge is -2.26. The van der Waals surface area contributed by atoms with Gasteiger partial charge < -0.3 is 14.8 Å². The first kappa shape index (κ1) is 19.5. The predicted octanol–water partition coefficient (Wildman–Crippen LogP) is 3.33. The molecule has 1 fully saturated rings. The fourth-order valence-electron chi connectivity index (χ4n) is 2.68. The summed E-state index contributed by atoms with van der Waals surface area (Å²) in [7, 11) is 0. The first-order chi connectivity index (χ1) is 11.5. The molecule has 1 aliphatic heterocycles. The Morgan fingerprint density at radius 2 is 1.92 bits per heavy atom. The highest BCUT2D eigenvalue weighted by molar-refractivity contribution is 6.32. The Morgan fingerprint density at radius 3 is 2.58 bits per heavy atom. The van der Waals surface area contributed by atoms with Crippen LogP contribution in [0.15, 0.2) is 18.2 Å². The molecule has 24 heavy (non-hydrogen) atoms. The third-order valence-corrected chi connectivity index (χ3v) is 5.14. The van der Waals surface area contributed by atoms with Crippen LogP contribution in [0.4, 0.5) is 0 Å². The molecule has 0 unspecified atom stereocenters. The molecule has 1 aromatic rings. The van der Waals surface area contributed by atoms with E-state index in [-0.39, 0.29) is 5.41 Å². The molecule has 1 aliphatic rings. The Bertz CT molecular complexity index is 502. The Morgan fingerprint density at radius 1 is 1.17 bits per heavy atom. The SMILES string of the molecule is CCC(C)(C)c1ccc(OCCOCCN2CCNCC2)c(Cl)c1. The van der Waals surface area contributed by atoms with E-state index < -0.39 is 0 Å². The molecule has 136 valence electrons. The minimum absolute atomic E-state index is 0.134. The maximum Gasteiger partial charge on any atom is 0.138 e. The summed E-state index contributed by atoms with van der Waals surface area (Å²) in [6.07, 6.45) is 1.07. The van der Waals surface area contributed by atoms with Crippen LogP contribution in [0.1, 0.15) is 32.8 Å². The fraction of sp³-hybridized carbons (Fsp3) is 0.684. The van der Waals surface area contributed by atoms with E-state index >= 15 is 0 Å². The van der Waals surface area contributed by atoms with Crippen LogP contribution in [-0.2, 0) is 10.2 Å². The lowest BCUT2D eigenvalue weighted by molar-refractivity contribution is 0.0768. The van der Waals surface area contributed by atoms with E-state index in [0.29, 0.717) is 18.2 Å². The lowest BCUT2D eigenvalue weighted by atomic mass is 9.82. The second kappa shape index (κ2) is 9.62. The highest BCUT2D eigenvalue weighted by Crippen LogP contribution is 2.33. The summed E-state index contributed by atoms with van der Waals surface area (Å²) in [5.74, 6) is 0.734. The zero-order valence-electron chi connectivity index (χ0n) is 15.2. The molecule has 1 saturated heterocycles. The number of benzene rings is 1. The maximum absolute atomic E-state index is 6.36. The fourth-order valence-corrected chi connectivity index (χ4v) is 2.92. The van der Waals surface area contributed by atoms with Gasteiger partial charge in [-0.25, -0.2) is 0 Å². The van der Waals surface area contributed by atoms with Crippen molar-refractivity contribution in [3.63, 3.8) is 0 Å². The summed E-state index contributed by atoms with van der Waals surface area (Å²) in [6.45, 7) is 13.9. The maximum atomic E-state index is 6.36. The Hall–Kier alpha value is -0.810. The van der Waals surface area contributed by atoms with E-state index in [1.165, 1.54) is 5.56 Å². The van der Waals surface area contributed by atoms with Crippen molar-refractivity contribution in [2.24, 2.45) is 0 Å². The van der Waals surface area contributed by atoms with Crippen LogP contribution in [0.25, 0.3) is 0 Å². The number of nitrogens with one attached hydrogen (secondary N) is 1. The van der Waals surface area contributed by atoms with E-state index in [2.05, 4.69) is 37.1 Å². The van der Waals surface area contributed by atoms with Crippen molar-refractivity contribution in [1.82, 2.24) is 10.2 Å². The van der Waals surface area contributed by atoms with E-state index in [1.807, 2.05) is 12.1 Å².